The molecule has 0 spiro atoms. The molecule has 2 heterocycles. The topological polar surface area (TPSA) is 173 Å². The van der Waals surface area contributed by atoms with Crippen LogP contribution in [0.2, 0.25) is 0 Å². The van der Waals surface area contributed by atoms with Gasteiger partial charge in [0.25, 0.3) is 0 Å². The summed E-state index contributed by atoms with van der Waals surface area (Å²) < 4.78 is 31.0. The quantitative estimate of drug-likeness (QED) is 0.273. The number of methoxy groups -OCH3 is 1. The minimum Gasteiger partial charge on any atom is -0.459 e. The summed E-state index contributed by atoms with van der Waals surface area (Å²) in [7, 11) is 5.21. The molecule has 0 radical (unpaired) electrons. The van der Waals surface area contributed by atoms with Crippen molar-refractivity contribution >= 4 is 17.8 Å². The highest BCUT2D eigenvalue weighted by Gasteiger charge is 2.53. The Morgan fingerprint density at radius 1 is 1.04 bits per heavy atom. The molecule has 2 saturated heterocycles. The van der Waals surface area contributed by atoms with Crippen LogP contribution in [0.25, 0.3) is 0 Å². The van der Waals surface area contributed by atoms with E-state index in [9.17, 15) is 29.7 Å². The summed E-state index contributed by atoms with van der Waals surface area (Å²) >= 11 is 0. The van der Waals surface area contributed by atoms with E-state index in [1.807, 2.05) is 56.3 Å². The molecule has 1 aromatic rings. The third-order valence-corrected chi connectivity index (χ3v) is 11.3. The molecule has 2 aliphatic rings. The van der Waals surface area contributed by atoms with Crippen molar-refractivity contribution in [1.29, 1.82) is 0 Å². The number of amides is 1. The number of ether oxygens (including phenoxy) is 5. The van der Waals surface area contributed by atoms with Crippen LogP contribution in [-0.2, 0) is 39.7 Å². The number of alkyl carbamates (subject to hydrolysis) is 1. The van der Waals surface area contributed by atoms with Gasteiger partial charge in [-0.05, 0) is 73.0 Å². The molecule has 0 bridgehead atoms. The van der Waals surface area contributed by atoms with Gasteiger partial charge in [0.05, 0.1) is 29.8 Å². The zero-order valence-corrected chi connectivity index (χ0v) is 32.9. The number of aliphatic hydroxyl groups is 3. The van der Waals surface area contributed by atoms with Gasteiger partial charge in [-0.2, -0.15) is 0 Å². The first kappa shape index (κ1) is 43.8. The third-order valence-electron chi connectivity index (χ3n) is 11.3. The van der Waals surface area contributed by atoms with Gasteiger partial charge >= 0.3 is 12.1 Å². The number of rotatable bonds is 9. The van der Waals surface area contributed by atoms with Crippen molar-refractivity contribution in [2.75, 3.05) is 27.7 Å². The maximum absolute atomic E-state index is 14.0. The van der Waals surface area contributed by atoms with Gasteiger partial charge in [-0.15, -0.1) is 0 Å². The lowest BCUT2D eigenvalue weighted by Gasteiger charge is -2.48. The summed E-state index contributed by atoms with van der Waals surface area (Å²) in [4.78, 5) is 43.3. The Balaban J connectivity index is 2.12. The van der Waals surface area contributed by atoms with E-state index in [4.69, 9.17) is 23.7 Å². The molecule has 0 saturated carbocycles. The van der Waals surface area contributed by atoms with Crippen molar-refractivity contribution in [1.82, 2.24) is 10.2 Å². The van der Waals surface area contributed by atoms with E-state index in [0.717, 1.165) is 5.56 Å². The fourth-order valence-electron chi connectivity index (χ4n) is 7.90. The fraction of sp³-hybridized carbons (Fsp3) is 0.769. The van der Waals surface area contributed by atoms with E-state index < -0.39 is 83.7 Å². The first-order valence-electron chi connectivity index (χ1n) is 18.6. The number of nitrogens with one attached hydrogen (secondary N) is 1. The third kappa shape index (κ3) is 10.3. The number of cyclic esters (lactones) is 1. The average Bonchev–Trinajstić information content (AvgIpc) is 3.10. The molecule has 2 aliphatic heterocycles. The highest BCUT2D eigenvalue weighted by molar-refractivity contribution is 5.83. The Bertz CT molecular complexity index is 1310. The van der Waals surface area contributed by atoms with Crippen molar-refractivity contribution in [2.24, 2.45) is 23.7 Å². The fourth-order valence-corrected chi connectivity index (χ4v) is 7.90. The summed E-state index contributed by atoms with van der Waals surface area (Å²) in [5.41, 5.74) is -2.25. The van der Waals surface area contributed by atoms with E-state index in [0.29, 0.717) is 12.8 Å². The van der Waals surface area contributed by atoms with Crippen LogP contribution in [0.3, 0.4) is 0 Å². The number of aliphatic hydroxyl groups excluding tert-OH is 2. The Kier molecular flexibility index (Phi) is 15.6. The molecule has 0 aromatic heterocycles. The molecule has 0 aliphatic carbocycles. The van der Waals surface area contributed by atoms with Gasteiger partial charge in [0, 0.05) is 37.5 Å². The number of esters is 1. The Hall–Kier alpha value is -2.65. The molecular weight excluding hydrogens is 672 g/mol. The predicted octanol–water partition coefficient (Wildman–Crippen LogP) is 3.49. The number of ketones is 1. The Morgan fingerprint density at radius 2 is 1.67 bits per heavy atom. The average molecular weight is 737 g/mol. The van der Waals surface area contributed by atoms with Gasteiger partial charge in [0.2, 0.25) is 0 Å². The second kappa shape index (κ2) is 18.6. The van der Waals surface area contributed by atoms with Crippen LogP contribution >= 0.6 is 0 Å². The number of hydrogen-bond acceptors (Lipinski definition) is 12. The smallest absolute Gasteiger partial charge is 0.407 e. The SMILES string of the molecule is CC[C@H]1OC(=O)[C@H](C)[C@@H](OC(=O)NCCc2ccccc2)[C@H](C)[C@@H](O[C@@H]2O[C@H](C)C[C@H](N(C)C)[C@H]2O)[C@](C)(OC)C[C@@H](C)C(=O)[C@H](C)[C@@H](O)[C@]1(C)O. The number of carbonyl (C=O) groups excluding carboxylic acids is 3. The highest BCUT2D eigenvalue weighted by atomic mass is 16.7. The zero-order valence-electron chi connectivity index (χ0n) is 32.9. The highest BCUT2D eigenvalue weighted by Crippen LogP contribution is 2.40. The Labute approximate surface area is 309 Å². The standard InChI is InChI=1S/C39H64N2O11/c1-12-29-39(8,47)33(44)24(4)30(42)22(2)21-38(7,48-11)34(52-36-31(43)28(41(9)10)20-23(3)49-36)25(5)32(26(6)35(45)50-29)51-37(46)40-19-18-27-16-14-13-15-17-27/h13-17,22-26,28-29,31-34,36,43-44,47H,12,18-21H2,1-11H3,(H,40,46)/t22-,23-,24+,25+,26-,28+,29-,31-,32+,33-,34-,36+,38-,39-/m1/s1. The number of benzene rings is 1. The van der Waals surface area contributed by atoms with Crippen molar-refractivity contribution in [2.45, 2.75) is 141 Å². The number of hydrogen-bond donors (Lipinski definition) is 4. The van der Waals surface area contributed by atoms with Gasteiger partial charge in [-0.1, -0.05) is 58.0 Å². The van der Waals surface area contributed by atoms with E-state index in [-0.39, 0.29) is 37.3 Å². The normalized spacial score (nSPS) is 39.8. The maximum Gasteiger partial charge on any atom is 0.407 e. The summed E-state index contributed by atoms with van der Waals surface area (Å²) in [5, 5.41) is 37.2. The van der Waals surface area contributed by atoms with Crippen molar-refractivity contribution in [3.05, 3.63) is 35.9 Å². The first-order valence-corrected chi connectivity index (χ1v) is 18.6. The number of Topliss-reactive ketones (excluding diaryl/α,β-unsaturated/α-hetero) is 1. The predicted molar refractivity (Wildman–Crippen MR) is 194 cm³/mol. The van der Waals surface area contributed by atoms with Crippen LogP contribution in [-0.4, -0.2) is 126 Å². The van der Waals surface area contributed by atoms with Crippen LogP contribution in [0, 0.1) is 23.7 Å². The minimum absolute atomic E-state index is 0.0814. The van der Waals surface area contributed by atoms with E-state index in [1.54, 1.807) is 34.6 Å². The number of carbonyl (C=O) groups is 3. The molecule has 13 nitrogen and oxygen atoms in total. The van der Waals surface area contributed by atoms with Crippen LogP contribution < -0.4 is 5.32 Å². The molecule has 13 heteroatoms. The van der Waals surface area contributed by atoms with Crippen molar-refractivity contribution in [3.63, 3.8) is 0 Å². The second-order valence-electron chi connectivity index (χ2n) is 15.6. The first-order chi connectivity index (χ1) is 24.3. The lowest BCUT2D eigenvalue weighted by Crippen LogP contribution is -2.60. The van der Waals surface area contributed by atoms with Crippen LogP contribution in [0.1, 0.15) is 80.2 Å². The molecule has 4 N–H and O–H groups in total. The lowest BCUT2D eigenvalue weighted by molar-refractivity contribution is -0.301. The molecule has 1 amide bonds. The molecule has 3 rings (SSSR count). The van der Waals surface area contributed by atoms with Crippen LogP contribution in [0.4, 0.5) is 4.79 Å². The molecular formula is C39H64N2O11. The lowest BCUT2D eigenvalue weighted by atomic mass is 9.74. The van der Waals surface area contributed by atoms with Gasteiger partial charge in [0.15, 0.2) is 6.29 Å². The largest absolute Gasteiger partial charge is 0.459 e. The molecule has 52 heavy (non-hydrogen) atoms. The molecule has 14 atom stereocenters. The second-order valence-corrected chi connectivity index (χ2v) is 15.6. The van der Waals surface area contributed by atoms with E-state index in [2.05, 4.69) is 5.32 Å². The number of likely N-dealkylation sites (N-methyl/N-ethyl adjacent to an activating group) is 1. The zero-order chi connectivity index (χ0) is 39.1. The van der Waals surface area contributed by atoms with Crippen molar-refractivity contribution in [3.8, 4) is 0 Å². The molecule has 1 aromatic carbocycles. The van der Waals surface area contributed by atoms with E-state index >= 15 is 0 Å². The van der Waals surface area contributed by atoms with Gasteiger partial charge in [-0.25, -0.2) is 4.79 Å². The maximum atomic E-state index is 14.0. The van der Waals surface area contributed by atoms with Crippen LogP contribution in [0.5, 0.6) is 0 Å². The van der Waals surface area contributed by atoms with E-state index in [1.165, 1.54) is 21.0 Å². The summed E-state index contributed by atoms with van der Waals surface area (Å²) in [6.07, 6.45) is -6.90. The molecule has 2 fully saturated rings. The monoisotopic (exact) mass is 736 g/mol. The molecule has 0 unspecified atom stereocenters. The summed E-state index contributed by atoms with van der Waals surface area (Å²) in [6, 6.07) is 9.33. The summed E-state index contributed by atoms with van der Waals surface area (Å²) in [6.45, 7) is 13.5. The van der Waals surface area contributed by atoms with Crippen molar-refractivity contribution < 1.29 is 53.4 Å². The number of nitrogens with zero attached hydrogens (tertiary/aromatic N) is 1. The minimum atomic E-state index is -1.98. The Morgan fingerprint density at radius 3 is 2.25 bits per heavy atom. The van der Waals surface area contributed by atoms with Crippen LogP contribution in [0.15, 0.2) is 30.3 Å². The van der Waals surface area contributed by atoms with Gasteiger partial charge in [0.1, 0.15) is 29.7 Å². The summed E-state index contributed by atoms with van der Waals surface area (Å²) in [5.74, 6) is -4.78. The molecule has 296 valence electrons. The van der Waals surface area contributed by atoms with Gasteiger partial charge < -0.3 is 49.2 Å². The van der Waals surface area contributed by atoms with Gasteiger partial charge in [-0.3, -0.25) is 9.59 Å².